The van der Waals surface area contributed by atoms with Crippen molar-refractivity contribution in [3.05, 3.63) is 0 Å². The maximum absolute atomic E-state index is 11.6. The molecule has 1 N–H and O–H groups in total. The van der Waals surface area contributed by atoms with E-state index < -0.39 is 15.8 Å². The van der Waals surface area contributed by atoms with Gasteiger partial charge in [0.2, 0.25) is 0 Å². The molecule has 2 heterocycles. The number of rotatable bonds is 4. The van der Waals surface area contributed by atoms with Gasteiger partial charge in [-0.2, -0.15) is 0 Å². The van der Waals surface area contributed by atoms with Crippen molar-refractivity contribution in [2.45, 2.75) is 37.8 Å². The van der Waals surface area contributed by atoms with Crippen LogP contribution in [0.15, 0.2) is 0 Å². The van der Waals surface area contributed by atoms with E-state index in [0.717, 1.165) is 19.3 Å². The monoisotopic (exact) mass is 291 g/mol. The lowest BCUT2D eigenvalue weighted by molar-refractivity contribution is -0.139. The summed E-state index contributed by atoms with van der Waals surface area (Å²) in [6.45, 7) is 1.26. The van der Waals surface area contributed by atoms with E-state index in [-0.39, 0.29) is 30.1 Å². The Morgan fingerprint density at radius 3 is 2.63 bits per heavy atom. The van der Waals surface area contributed by atoms with Crippen molar-refractivity contribution in [1.82, 2.24) is 4.90 Å². The second-order valence-electron chi connectivity index (χ2n) is 5.32. The van der Waals surface area contributed by atoms with Crippen molar-refractivity contribution in [2.75, 3.05) is 31.3 Å². The maximum Gasteiger partial charge on any atom is 0.317 e. The molecule has 0 aromatic heterocycles. The minimum atomic E-state index is -2.99. The van der Waals surface area contributed by atoms with Crippen molar-refractivity contribution in [3.8, 4) is 0 Å². The van der Waals surface area contributed by atoms with Crippen molar-refractivity contribution in [2.24, 2.45) is 0 Å². The lowest BCUT2D eigenvalue weighted by atomic mass is 10.0. The molecule has 19 heavy (non-hydrogen) atoms. The number of sulfone groups is 1. The van der Waals surface area contributed by atoms with Crippen LogP contribution in [0.1, 0.15) is 25.7 Å². The Kier molecular flexibility index (Phi) is 4.81. The Hall–Kier alpha value is -0.660. The molecule has 2 saturated heterocycles. The zero-order chi connectivity index (χ0) is 13.9. The van der Waals surface area contributed by atoms with E-state index in [9.17, 15) is 13.2 Å². The molecule has 0 aromatic rings. The summed E-state index contributed by atoms with van der Waals surface area (Å²) in [6, 6.07) is -0.0268. The molecule has 2 aliphatic rings. The van der Waals surface area contributed by atoms with Crippen molar-refractivity contribution in [1.29, 1.82) is 0 Å². The zero-order valence-corrected chi connectivity index (χ0v) is 11.8. The molecule has 2 aliphatic heterocycles. The smallest absolute Gasteiger partial charge is 0.317 e. The van der Waals surface area contributed by atoms with Crippen LogP contribution in [0.2, 0.25) is 0 Å². The number of carboxylic acid groups (broad SMARTS) is 1. The van der Waals surface area contributed by atoms with Gasteiger partial charge in [0.05, 0.1) is 18.1 Å². The van der Waals surface area contributed by atoms with Gasteiger partial charge in [-0.1, -0.05) is 0 Å². The normalized spacial score (nSPS) is 31.2. The minimum absolute atomic E-state index is 0.0785. The Morgan fingerprint density at radius 2 is 2.00 bits per heavy atom. The van der Waals surface area contributed by atoms with Gasteiger partial charge in [-0.05, 0) is 25.7 Å². The van der Waals surface area contributed by atoms with E-state index >= 15 is 0 Å². The molecule has 2 atom stereocenters. The number of ether oxygens (including phenoxy) is 1. The molecule has 0 aliphatic carbocycles. The molecule has 0 saturated carbocycles. The first-order valence-electron chi connectivity index (χ1n) is 6.73. The van der Waals surface area contributed by atoms with Gasteiger partial charge in [0.1, 0.15) is 0 Å². The molecular formula is C12H21NO5S. The van der Waals surface area contributed by atoms with Gasteiger partial charge in [-0.3, -0.25) is 9.69 Å². The third-order valence-electron chi connectivity index (χ3n) is 3.89. The molecule has 7 heteroatoms. The lowest BCUT2D eigenvalue weighted by Gasteiger charge is -2.33. The average Bonchev–Trinajstić information content (AvgIpc) is 2.54. The van der Waals surface area contributed by atoms with Gasteiger partial charge in [-0.25, -0.2) is 8.42 Å². The molecule has 110 valence electrons. The van der Waals surface area contributed by atoms with Gasteiger partial charge in [0, 0.05) is 25.3 Å². The zero-order valence-electron chi connectivity index (χ0n) is 11.0. The highest BCUT2D eigenvalue weighted by atomic mass is 32.2. The number of carbonyl (C=O) groups is 1. The van der Waals surface area contributed by atoms with Gasteiger partial charge in [0.25, 0.3) is 0 Å². The molecule has 0 bridgehead atoms. The number of aliphatic carboxylic acids is 1. The van der Waals surface area contributed by atoms with Gasteiger partial charge in [-0.15, -0.1) is 0 Å². The summed E-state index contributed by atoms with van der Waals surface area (Å²) in [7, 11) is -2.99. The second-order valence-corrected chi connectivity index (χ2v) is 7.55. The Bertz CT molecular complexity index is 414. The predicted octanol–water partition coefficient (Wildman–Crippen LogP) is 0.129. The van der Waals surface area contributed by atoms with Crippen molar-refractivity contribution >= 4 is 15.8 Å². The summed E-state index contributed by atoms with van der Waals surface area (Å²) in [6.07, 6.45) is 3.11. The predicted molar refractivity (Wildman–Crippen MR) is 69.9 cm³/mol. The molecule has 2 rings (SSSR count). The molecule has 6 nitrogen and oxygen atoms in total. The summed E-state index contributed by atoms with van der Waals surface area (Å²) in [5.41, 5.74) is 0. The third kappa shape index (κ3) is 4.15. The van der Waals surface area contributed by atoms with E-state index in [1.807, 2.05) is 4.90 Å². The lowest BCUT2D eigenvalue weighted by Crippen LogP contribution is -2.46. The number of nitrogens with zero attached hydrogens (tertiary/aromatic N) is 1. The van der Waals surface area contributed by atoms with Gasteiger partial charge >= 0.3 is 5.97 Å². The fraction of sp³-hybridized carbons (Fsp3) is 0.917. The minimum Gasteiger partial charge on any atom is -0.480 e. The highest BCUT2D eigenvalue weighted by Gasteiger charge is 2.36. The standard InChI is InChI=1S/C12H21NO5S/c14-12(15)8-13(10-2-1-5-18-6-3-10)11-4-7-19(16,17)9-11/h10-11H,1-9H2,(H,14,15). The summed E-state index contributed by atoms with van der Waals surface area (Å²) in [4.78, 5) is 12.9. The highest BCUT2D eigenvalue weighted by Crippen LogP contribution is 2.24. The number of carboxylic acids is 1. The fourth-order valence-electron chi connectivity index (χ4n) is 2.97. The summed E-state index contributed by atoms with van der Waals surface area (Å²) < 4.78 is 28.6. The topological polar surface area (TPSA) is 83.9 Å². The average molecular weight is 291 g/mol. The molecule has 2 unspecified atom stereocenters. The van der Waals surface area contributed by atoms with Crippen LogP contribution in [-0.4, -0.2) is 67.7 Å². The first-order valence-corrected chi connectivity index (χ1v) is 8.56. The van der Waals surface area contributed by atoms with Crippen LogP contribution in [0.5, 0.6) is 0 Å². The molecule has 0 radical (unpaired) electrons. The largest absolute Gasteiger partial charge is 0.480 e. The first kappa shape index (κ1) is 14.7. The first-order chi connectivity index (χ1) is 8.98. The SMILES string of the molecule is O=C(O)CN(C1CCCOCC1)C1CCS(=O)(=O)C1. The molecule has 0 spiro atoms. The van der Waals surface area contributed by atoms with Crippen LogP contribution in [-0.2, 0) is 19.4 Å². The molecule has 0 amide bonds. The van der Waals surface area contributed by atoms with Crippen molar-refractivity contribution in [3.63, 3.8) is 0 Å². The third-order valence-corrected chi connectivity index (χ3v) is 5.64. The quantitative estimate of drug-likeness (QED) is 0.792. The summed E-state index contributed by atoms with van der Waals surface area (Å²) in [5, 5.41) is 9.05. The van der Waals surface area contributed by atoms with Gasteiger partial charge in [0.15, 0.2) is 9.84 Å². The summed E-state index contributed by atoms with van der Waals surface area (Å²) >= 11 is 0. The number of hydrogen-bond donors (Lipinski definition) is 1. The van der Waals surface area contributed by atoms with E-state index in [0.29, 0.717) is 19.6 Å². The van der Waals surface area contributed by atoms with E-state index in [1.165, 1.54) is 0 Å². The van der Waals surface area contributed by atoms with Crippen LogP contribution in [0.25, 0.3) is 0 Å². The Balaban J connectivity index is 2.08. The molecule has 2 fully saturated rings. The molecule has 0 aromatic carbocycles. The Morgan fingerprint density at radius 1 is 1.21 bits per heavy atom. The van der Waals surface area contributed by atoms with Gasteiger partial charge < -0.3 is 9.84 Å². The van der Waals surface area contributed by atoms with Crippen LogP contribution in [0.3, 0.4) is 0 Å². The van der Waals surface area contributed by atoms with Crippen LogP contribution in [0, 0.1) is 0 Å². The van der Waals surface area contributed by atoms with Crippen LogP contribution in [0.4, 0.5) is 0 Å². The Labute approximate surface area is 113 Å². The van der Waals surface area contributed by atoms with Crippen LogP contribution < -0.4 is 0 Å². The van der Waals surface area contributed by atoms with Crippen molar-refractivity contribution < 1.29 is 23.1 Å². The van der Waals surface area contributed by atoms with Crippen LogP contribution >= 0.6 is 0 Å². The van der Waals surface area contributed by atoms with E-state index in [1.54, 1.807) is 0 Å². The van der Waals surface area contributed by atoms with E-state index in [2.05, 4.69) is 0 Å². The highest BCUT2D eigenvalue weighted by molar-refractivity contribution is 7.91. The summed E-state index contributed by atoms with van der Waals surface area (Å²) in [5.74, 6) is -0.622. The number of hydrogen-bond acceptors (Lipinski definition) is 5. The maximum atomic E-state index is 11.6. The fourth-order valence-corrected chi connectivity index (χ4v) is 4.71. The molecular weight excluding hydrogens is 270 g/mol. The van der Waals surface area contributed by atoms with E-state index in [4.69, 9.17) is 9.84 Å². The second kappa shape index (κ2) is 6.19.